The fourth-order valence-corrected chi connectivity index (χ4v) is 6.02. The third-order valence-corrected chi connectivity index (χ3v) is 8.29. The number of benzene rings is 1. The fourth-order valence-electron chi connectivity index (χ4n) is 5.79. The maximum Gasteiger partial charge on any atom is 0.387 e. The summed E-state index contributed by atoms with van der Waals surface area (Å²) in [6.45, 7) is 7.29. The Morgan fingerprint density at radius 1 is 1.25 bits per heavy atom. The molecule has 0 saturated carbocycles. The van der Waals surface area contributed by atoms with Crippen molar-refractivity contribution in [1.29, 1.82) is 0 Å². The Balaban J connectivity index is 1.40. The average Bonchev–Trinajstić information content (AvgIpc) is 3.53. The Morgan fingerprint density at radius 2 is 2.08 bits per heavy atom. The number of rotatable bonds is 9. The molecule has 9 nitrogen and oxygen atoms in total. The van der Waals surface area contributed by atoms with Gasteiger partial charge in [-0.1, -0.05) is 24.2 Å². The zero-order valence-electron chi connectivity index (χ0n) is 22.9. The molecule has 4 heterocycles. The molecule has 0 radical (unpaired) electrons. The summed E-state index contributed by atoms with van der Waals surface area (Å²) in [6.07, 6.45) is 3.56. The lowest BCUT2D eigenvalue weighted by molar-refractivity contribution is -0.128. The minimum atomic E-state index is -2.95. The van der Waals surface area contributed by atoms with E-state index >= 15 is 0 Å². The number of fused-ring (bicyclic) bond motifs is 1. The van der Waals surface area contributed by atoms with Gasteiger partial charge < -0.3 is 24.2 Å². The van der Waals surface area contributed by atoms with E-state index in [2.05, 4.69) is 28.3 Å². The minimum absolute atomic E-state index is 0.0314. The highest BCUT2D eigenvalue weighted by Crippen LogP contribution is 2.36. The molecule has 3 aliphatic rings. The van der Waals surface area contributed by atoms with Gasteiger partial charge >= 0.3 is 12.6 Å². The van der Waals surface area contributed by atoms with E-state index in [4.69, 9.17) is 31.0 Å². The molecule has 0 N–H and O–H groups in total. The maximum atomic E-state index is 13.1. The summed E-state index contributed by atoms with van der Waals surface area (Å²) in [5.41, 5.74) is 2.29. The molecular weight excluding hydrogens is 542 g/mol. The smallest absolute Gasteiger partial charge is 0.387 e. The number of alkyl halides is 2. The van der Waals surface area contributed by atoms with E-state index in [1.165, 1.54) is 12.1 Å². The van der Waals surface area contributed by atoms with Gasteiger partial charge in [0.05, 0.1) is 5.69 Å². The van der Waals surface area contributed by atoms with Crippen LogP contribution in [-0.2, 0) is 24.4 Å². The summed E-state index contributed by atoms with van der Waals surface area (Å²) < 4.78 is 37.0. The molecule has 0 bridgehead atoms. The second kappa shape index (κ2) is 12.2. The fraction of sp³-hybridized carbons (Fsp3) is 0.536. The Labute approximate surface area is 238 Å². The molecule has 2 aromatic rings. The second-order valence-electron chi connectivity index (χ2n) is 10.6. The van der Waals surface area contributed by atoms with Crippen LogP contribution in [0.2, 0.25) is 5.02 Å². The van der Waals surface area contributed by atoms with E-state index in [9.17, 15) is 13.6 Å². The average molecular weight is 577 g/mol. The first-order valence-electron chi connectivity index (χ1n) is 13.6. The zero-order chi connectivity index (χ0) is 28.4. The Bertz CT molecular complexity index is 1250. The molecular formula is C28H35ClF2N6O3. The number of halogens is 3. The number of aromatic nitrogens is 2. The predicted molar refractivity (Wildman–Crippen MR) is 148 cm³/mol. The molecule has 3 aliphatic heterocycles. The monoisotopic (exact) mass is 576 g/mol. The highest BCUT2D eigenvalue weighted by Gasteiger charge is 2.33. The van der Waals surface area contributed by atoms with Gasteiger partial charge in [-0.05, 0) is 51.6 Å². The number of anilines is 1. The lowest BCUT2D eigenvalue weighted by Crippen LogP contribution is -2.54. The summed E-state index contributed by atoms with van der Waals surface area (Å²) >= 11 is 6.41. The number of amides is 1. The molecule has 1 aromatic carbocycles. The van der Waals surface area contributed by atoms with Crippen molar-refractivity contribution >= 4 is 23.3 Å². The number of carbonyl (C=O) groups is 1. The number of likely N-dealkylation sites (tertiary alicyclic amines) is 1. The molecule has 2 fully saturated rings. The van der Waals surface area contributed by atoms with Crippen molar-refractivity contribution < 1.29 is 23.0 Å². The van der Waals surface area contributed by atoms with Gasteiger partial charge in [0, 0.05) is 67.5 Å². The van der Waals surface area contributed by atoms with Crippen LogP contribution in [0, 0.1) is 0 Å². The van der Waals surface area contributed by atoms with Gasteiger partial charge in [-0.25, -0.2) is 0 Å². The molecule has 216 valence electrons. The van der Waals surface area contributed by atoms with Crippen LogP contribution in [0.3, 0.4) is 0 Å². The van der Waals surface area contributed by atoms with E-state index in [1.54, 1.807) is 12.1 Å². The number of hydrogen-bond donors (Lipinski definition) is 0. The van der Waals surface area contributed by atoms with Gasteiger partial charge in [0.25, 0.3) is 0 Å². The molecule has 40 heavy (non-hydrogen) atoms. The van der Waals surface area contributed by atoms with Crippen LogP contribution in [0.4, 0.5) is 14.6 Å². The molecule has 2 atom stereocenters. The van der Waals surface area contributed by atoms with Gasteiger partial charge in [-0.2, -0.15) is 18.7 Å². The molecule has 5 rings (SSSR count). The molecule has 12 heteroatoms. The van der Waals surface area contributed by atoms with Crippen molar-refractivity contribution in [2.75, 3.05) is 44.7 Å². The standard InChI is InChI=1S/C28H35ClF2N6O3/c1-4-25(38)37-12-11-36(13-18(37)2)26-21-15-35(14-20-22(29)8-5-9-24(20)40-27(30)31)16-23(21)32-28(33-26)39-17-19-7-6-10-34(19)3/h4-5,8-9,18-19,27H,1,6-7,10-17H2,2-3H3/t18-,19-/m0/s1. The van der Waals surface area contributed by atoms with Gasteiger partial charge in [0.1, 0.15) is 18.2 Å². The molecule has 0 unspecified atom stereocenters. The van der Waals surface area contributed by atoms with Gasteiger partial charge in [-0.3, -0.25) is 9.69 Å². The van der Waals surface area contributed by atoms with Crippen LogP contribution in [0.15, 0.2) is 30.9 Å². The minimum Gasteiger partial charge on any atom is -0.462 e. The van der Waals surface area contributed by atoms with Gasteiger partial charge in [0.15, 0.2) is 0 Å². The summed E-state index contributed by atoms with van der Waals surface area (Å²) in [5.74, 6) is 0.756. The topological polar surface area (TPSA) is 74.3 Å². The highest BCUT2D eigenvalue weighted by molar-refractivity contribution is 6.31. The number of hydrogen-bond acceptors (Lipinski definition) is 8. The molecule has 1 amide bonds. The van der Waals surface area contributed by atoms with Crippen molar-refractivity contribution in [2.24, 2.45) is 0 Å². The summed E-state index contributed by atoms with van der Waals surface area (Å²) in [5, 5.41) is 0.363. The number of likely N-dealkylation sites (N-methyl/N-ethyl adjacent to an activating group) is 1. The van der Waals surface area contributed by atoms with Crippen molar-refractivity contribution in [3.05, 3.63) is 52.7 Å². The maximum absolute atomic E-state index is 13.1. The first kappa shape index (κ1) is 28.5. The number of piperazine rings is 1. The SMILES string of the molecule is C=CC(=O)N1CCN(c2nc(OC[C@@H]3CCCN3C)nc3c2CN(Cc2c(Cl)cccc2OC(F)F)C3)C[C@@H]1C. The predicted octanol–water partition coefficient (Wildman–Crippen LogP) is 3.94. The Morgan fingerprint density at radius 3 is 2.77 bits per heavy atom. The summed E-state index contributed by atoms with van der Waals surface area (Å²) in [6, 6.07) is 5.37. The summed E-state index contributed by atoms with van der Waals surface area (Å²) in [4.78, 5) is 30.3. The lowest BCUT2D eigenvalue weighted by atomic mass is 10.1. The second-order valence-corrected chi connectivity index (χ2v) is 11.0. The highest BCUT2D eigenvalue weighted by atomic mass is 35.5. The van der Waals surface area contributed by atoms with Crippen LogP contribution in [0.5, 0.6) is 11.8 Å². The van der Waals surface area contributed by atoms with Crippen LogP contribution < -0.4 is 14.4 Å². The van der Waals surface area contributed by atoms with Crippen molar-refractivity contribution in [1.82, 2.24) is 24.7 Å². The largest absolute Gasteiger partial charge is 0.462 e. The van der Waals surface area contributed by atoms with Crippen molar-refractivity contribution in [2.45, 2.75) is 58.1 Å². The summed E-state index contributed by atoms with van der Waals surface area (Å²) in [7, 11) is 2.10. The first-order chi connectivity index (χ1) is 19.2. The Hall–Kier alpha value is -3.02. The molecule has 0 spiro atoms. The first-order valence-corrected chi connectivity index (χ1v) is 14.0. The van der Waals surface area contributed by atoms with Crippen LogP contribution in [-0.4, -0.2) is 89.1 Å². The Kier molecular flexibility index (Phi) is 8.72. The molecule has 1 aromatic heterocycles. The third-order valence-electron chi connectivity index (χ3n) is 7.94. The van der Waals surface area contributed by atoms with Crippen molar-refractivity contribution in [3.8, 4) is 11.8 Å². The van der Waals surface area contributed by atoms with Crippen LogP contribution in [0.1, 0.15) is 36.6 Å². The van der Waals surface area contributed by atoms with Crippen LogP contribution in [0.25, 0.3) is 0 Å². The number of carbonyl (C=O) groups excluding carboxylic acids is 1. The zero-order valence-corrected chi connectivity index (χ0v) is 23.6. The van der Waals surface area contributed by atoms with Crippen LogP contribution >= 0.6 is 11.6 Å². The quantitative estimate of drug-likeness (QED) is 0.416. The van der Waals surface area contributed by atoms with E-state index < -0.39 is 6.61 Å². The van der Waals surface area contributed by atoms with Gasteiger partial charge in [-0.15, -0.1) is 0 Å². The molecule has 2 saturated heterocycles. The van der Waals surface area contributed by atoms with E-state index in [1.807, 2.05) is 11.8 Å². The van der Waals surface area contributed by atoms with E-state index in [0.717, 1.165) is 36.5 Å². The lowest BCUT2D eigenvalue weighted by Gasteiger charge is -2.40. The third kappa shape index (κ3) is 6.16. The van der Waals surface area contributed by atoms with E-state index in [-0.39, 0.29) is 17.7 Å². The molecule has 0 aliphatic carbocycles. The number of ether oxygens (including phenoxy) is 2. The van der Waals surface area contributed by atoms with Gasteiger partial charge in [0.2, 0.25) is 5.91 Å². The van der Waals surface area contributed by atoms with E-state index in [0.29, 0.717) is 68.5 Å². The van der Waals surface area contributed by atoms with Crippen molar-refractivity contribution in [3.63, 3.8) is 0 Å². The normalized spacial score (nSPS) is 21.6. The number of nitrogens with zero attached hydrogens (tertiary/aromatic N) is 6.